The molecule has 1 aromatic carbocycles. The van der Waals surface area contributed by atoms with Crippen molar-refractivity contribution in [3.05, 3.63) is 28.2 Å². The molecule has 2 atom stereocenters. The number of amides is 2. The summed E-state index contributed by atoms with van der Waals surface area (Å²) < 4.78 is 10.6. The van der Waals surface area contributed by atoms with E-state index in [9.17, 15) is 9.59 Å². The summed E-state index contributed by atoms with van der Waals surface area (Å²) in [5.74, 6) is 1.07. The minimum atomic E-state index is -0.220. The van der Waals surface area contributed by atoms with Crippen LogP contribution in [0, 0.1) is 0 Å². The molecular formula is C19H23Cl2N3O4S. The van der Waals surface area contributed by atoms with Crippen LogP contribution in [0.25, 0.3) is 0 Å². The third-order valence-corrected chi connectivity index (χ3v) is 7.51. The van der Waals surface area contributed by atoms with Gasteiger partial charge in [0.1, 0.15) is 5.75 Å². The second-order valence-corrected chi connectivity index (χ2v) is 10.0. The highest BCUT2D eigenvalue weighted by Gasteiger charge is 2.69. The van der Waals surface area contributed by atoms with Gasteiger partial charge in [-0.15, -0.1) is 11.8 Å². The van der Waals surface area contributed by atoms with Gasteiger partial charge in [0.15, 0.2) is 6.61 Å². The lowest BCUT2D eigenvalue weighted by atomic mass is 9.44. The Kier molecular flexibility index (Phi) is 5.92. The van der Waals surface area contributed by atoms with Crippen molar-refractivity contribution in [3.63, 3.8) is 0 Å². The van der Waals surface area contributed by atoms with Gasteiger partial charge in [-0.05, 0) is 31.4 Å². The number of hydrogen-bond acceptors (Lipinski definition) is 6. The summed E-state index contributed by atoms with van der Waals surface area (Å²) in [5, 5.41) is 10.5. The van der Waals surface area contributed by atoms with Crippen molar-refractivity contribution in [2.24, 2.45) is 0 Å². The van der Waals surface area contributed by atoms with Gasteiger partial charge in [-0.25, -0.2) is 0 Å². The summed E-state index contributed by atoms with van der Waals surface area (Å²) in [6.07, 6.45) is 2.27. The molecule has 1 aliphatic heterocycles. The number of benzene rings is 1. The second-order valence-electron chi connectivity index (χ2n) is 7.99. The maximum Gasteiger partial charge on any atom is 0.258 e. The van der Waals surface area contributed by atoms with Crippen LogP contribution in [0.1, 0.15) is 19.3 Å². The molecule has 4 aliphatic rings. The third-order valence-electron chi connectivity index (χ3n) is 5.57. The molecule has 3 aliphatic carbocycles. The molecule has 1 aromatic rings. The van der Waals surface area contributed by atoms with Crippen LogP contribution in [-0.4, -0.2) is 60.4 Å². The molecule has 1 saturated heterocycles. The Morgan fingerprint density at radius 2 is 1.93 bits per heavy atom. The van der Waals surface area contributed by atoms with Crippen LogP contribution in [0.5, 0.6) is 5.75 Å². The van der Waals surface area contributed by atoms with Crippen LogP contribution in [-0.2, 0) is 14.3 Å². The first-order chi connectivity index (χ1) is 13.8. The van der Waals surface area contributed by atoms with E-state index in [1.165, 1.54) is 0 Å². The van der Waals surface area contributed by atoms with E-state index < -0.39 is 0 Å². The molecule has 0 aromatic heterocycles. The summed E-state index contributed by atoms with van der Waals surface area (Å²) in [5.41, 5.74) is -0.400. The van der Waals surface area contributed by atoms with Gasteiger partial charge in [0, 0.05) is 30.0 Å². The van der Waals surface area contributed by atoms with Crippen molar-refractivity contribution in [2.75, 3.05) is 26.1 Å². The number of methoxy groups -OCH3 is 1. The van der Waals surface area contributed by atoms with Gasteiger partial charge in [-0.2, -0.15) is 0 Å². The fourth-order valence-electron chi connectivity index (χ4n) is 4.38. The van der Waals surface area contributed by atoms with Crippen LogP contribution < -0.4 is 20.7 Å². The fourth-order valence-corrected chi connectivity index (χ4v) is 5.83. The molecule has 3 N–H and O–H groups in total. The van der Waals surface area contributed by atoms with Crippen LogP contribution >= 0.6 is 35.0 Å². The molecular weight excluding hydrogens is 437 g/mol. The van der Waals surface area contributed by atoms with E-state index in [4.69, 9.17) is 32.7 Å². The van der Waals surface area contributed by atoms with Gasteiger partial charge in [0.05, 0.1) is 28.1 Å². The number of rotatable bonds is 8. The van der Waals surface area contributed by atoms with Gasteiger partial charge < -0.3 is 20.1 Å². The number of nitrogens with one attached hydrogen (secondary N) is 3. The first-order valence-electron chi connectivity index (χ1n) is 9.40. The van der Waals surface area contributed by atoms with E-state index in [1.807, 2.05) is 0 Å². The van der Waals surface area contributed by atoms with Crippen LogP contribution in [0.2, 0.25) is 10.0 Å². The van der Waals surface area contributed by atoms with E-state index in [2.05, 4.69) is 16.0 Å². The van der Waals surface area contributed by atoms with Gasteiger partial charge in [0.25, 0.3) is 5.91 Å². The number of carbonyl (C=O) groups is 2. The lowest BCUT2D eigenvalue weighted by Crippen LogP contribution is -2.84. The van der Waals surface area contributed by atoms with Crippen molar-refractivity contribution in [1.29, 1.82) is 0 Å². The van der Waals surface area contributed by atoms with E-state index in [0.29, 0.717) is 22.4 Å². The first kappa shape index (κ1) is 21.1. The Morgan fingerprint density at radius 1 is 1.21 bits per heavy atom. The predicted molar refractivity (Wildman–Crippen MR) is 113 cm³/mol. The fraction of sp³-hybridized carbons (Fsp3) is 0.579. The summed E-state index contributed by atoms with van der Waals surface area (Å²) in [4.78, 5) is 24.7. The number of halogens is 2. The van der Waals surface area contributed by atoms with Crippen molar-refractivity contribution in [3.8, 4) is 5.75 Å². The van der Waals surface area contributed by atoms with E-state index in [0.717, 1.165) is 25.0 Å². The monoisotopic (exact) mass is 459 g/mol. The maximum absolute atomic E-state index is 12.5. The maximum atomic E-state index is 12.5. The zero-order valence-corrected chi connectivity index (χ0v) is 18.3. The van der Waals surface area contributed by atoms with Crippen LogP contribution in [0.15, 0.2) is 18.2 Å². The van der Waals surface area contributed by atoms with Gasteiger partial charge in [-0.1, -0.05) is 23.2 Å². The molecule has 0 radical (unpaired) electrons. The molecule has 3 saturated carbocycles. The number of ether oxygens (including phenoxy) is 2. The molecule has 7 nitrogen and oxygen atoms in total. The van der Waals surface area contributed by atoms with Crippen molar-refractivity contribution in [2.45, 2.75) is 41.8 Å². The molecule has 0 spiro atoms. The van der Waals surface area contributed by atoms with Gasteiger partial charge in [0.2, 0.25) is 5.91 Å². The van der Waals surface area contributed by atoms with E-state index in [-0.39, 0.29) is 40.9 Å². The summed E-state index contributed by atoms with van der Waals surface area (Å²) in [6.45, 7) is 0.488. The van der Waals surface area contributed by atoms with Crippen molar-refractivity contribution >= 4 is 46.8 Å². The lowest BCUT2D eigenvalue weighted by Gasteiger charge is -2.70. The van der Waals surface area contributed by atoms with Gasteiger partial charge in [-0.3, -0.25) is 14.9 Å². The zero-order valence-electron chi connectivity index (χ0n) is 15.9. The summed E-state index contributed by atoms with van der Waals surface area (Å²) in [6, 6.07) is 4.67. The minimum absolute atomic E-state index is 0.0266. The SMILES string of the molecule is COCC1NC(C(=O)NC23CC(NC(=O)COc4ccc(Cl)c(Cl)c4)(C2)C3)CS1. The predicted octanol–water partition coefficient (Wildman–Crippen LogP) is 1.96. The Hall–Kier alpha value is -1.19. The Labute approximate surface area is 183 Å². The molecule has 10 heteroatoms. The molecule has 29 heavy (non-hydrogen) atoms. The molecule has 4 fully saturated rings. The molecule has 2 amide bonds. The largest absolute Gasteiger partial charge is 0.484 e. The quantitative estimate of drug-likeness (QED) is 0.550. The van der Waals surface area contributed by atoms with E-state index >= 15 is 0 Å². The topological polar surface area (TPSA) is 88.7 Å². The number of hydrogen-bond donors (Lipinski definition) is 3. The first-order valence-corrected chi connectivity index (χ1v) is 11.2. The molecule has 158 valence electrons. The number of thioether (sulfide) groups is 1. The van der Waals surface area contributed by atoms with E-state index in [1.54, 1.807) is 37.1 Å². The summed E-state index contributed by atoms with van der Waals surface area (Å²) >= 11 is 13.5. The highest BCUT2D eigenvalue weighted by atomic mass is 35.5. The van der Waals surface area contributed by atoms with Crippen LogP contribution in [0.4, 0.5) is 0 Å². The Morgan fingerprint density at radius 3 is 2.62 bits per heavy atom. The average Bonchev–Trinajstić information content (AvgIpc) is 3.09. The Balaban J connectivity index is 1.18. The zero-order chi connectivity index (χ0) is 20.6. The lowest BCUT2D eigenvalue weighted by molar-refractivity contribution is -0.151. The van der Waals surface area contributed by atoms with Crippen molar-refractivity contribution in [1.82, 2.24) is 16.0 Å². The standard InChI is InChI=1S/C19H23Cl2N3O4S/c1-27-6-16-22-14(7-29-16)17(26)24-19-8-18(9-19,10-19)23-15(25)5-28-11-2-3-12(20)13(21)4-11/h2-4,14,16,22H,5-10H2,1H3,(H,23,25)(H,24,26). The average molecular weight is 460 g/mol. The smallest absolute Gasteiger partial charge is 0.258 e. The van der Waals surface area contributed by atoms with Crippen LogP contribution in [0.3, 0.4) is 0 Å². The molecule has 2 bridgehead atoms. The second kappa shape index (κ2) is 8.15. The van der Waals surface area contributed by atoms with Crippen molar-refractivity contribution < 1.29 is 19.1 Å². The highest BCUT2D eigenvalue weighted by Crippen LogP contribution is 2.60. The van der Waals surface area contributed by atoms with Gasteiger partial charge >= 0.3 is 0 Å². The highest BCUT2D eigenvalue weighted by molar-refractivity contribution is 8.00. The normalized spacial score (nSPS) is 32.1. The minimum Gasteiger partial charge on any atom is -0.484 e. The molecule has 5 rings (SSSR count). The summed E-state index contributed by atoms with van der Waals surface area (Å²) in [7, 11) is 1.65. The third kappa shape index (κ3) is 4.46. The molecule has 2 unspecified atom stereocenters. The molecule has 1 heterocycles. The Bertz CT molecular complexity index is 805. The number of carbonyl (C=O) groups excluding carboxylic acids is 2.